The molecule has 0 amide bonds. The first-order chi connectivity index (χ1) is 9.24. The van der Waals surface area contributed by atoms with Crippen LogP contribution in [-0.2, 0) is 6.42 Å². The van der Waals surface area contributed by atoms with Gasteiger partial charge in [-0.25, -0.2) is 0 Å². The van der Waals surface area contributed by atoms with Gasteiger partial charge in [0.2, 0.25) is 0 Å². The van der Waals surface area contributed by atoms with Gasteiger partial charge in [0.05, 0.1) is 9.21 Å². The molecule has 1 aromatic carbocycles. The molecule has 0 saturated heterocycles. The highest BCUT2D eigenvalue weighted by molar-refractivity contribution is 7.18. The first-order valence-electron chi connectivity index (χ1n) is 6.60. The van der Waals surface area contributed by atoms with Crippen molar-refractivity contribution in [2.75, 3.05) is 0 Å². The van der Waals surface area contributed by atoms with Crippen LogP contribution in [0, 0.1) is 0 Å². The third-order valence-corrected chi connectivity index (χ3v) is 5.05. The van der Waals surface area contributed by atoms with E-state index in [4.69, 9.17) is 11.6 Å². The maximum Gasteiger partial charge on any atom is 0.173 e. The van der Waals surface area contributed by atoms with Gasteiger partial charge in [0.25, 0.3) is 0 Å². The number of aryl methyl sites for hydroxylation is 1. The molecule has 0 bridgehead atoms. The molecule has 1 nitrogen and oxygen atoms in total. The molecule has 1 aliphatic rings. The summed E-state index contributed by atoms with van der Waals surface area (Å²) in [5.41, 5.74) is 2.78. The summed E-state index contributed by atoms with van der Waals surface area (Å²) in [7, 11) is 0. The summed E-state index contributed by atoms with van der Waals surface area (Å²) >= 11 is 7.28. The first kappa shape index (κ1) is 12.9. The van der Waals surface area contributed by atoms with Gasteiger partial charge in [0.1, 0.15) is 0 Å². The number of halogens is 1. The van der Waals surface area contributed by atoms with Crippen LogP contribution in [0.5, 0.6) is 0 Å². The summed E-state index contributed by atoms with van der Waals surface area (Å²) in [6, 6.07) is 12.2. The Morgan fingerprint density at radius 3 is 2.89 bits per heavy atom. The average molecular weight is 291 g/mol. The van der Waals surface area contributed by atoms with Crippen LogP contribution < -0.4 is 0 Å². The molecule has 3 rings (SSSR count). The molecule has 1 aromatic heterocycles. The fourth-order valence-electron chi connectivity index (χ4n) is 2.86. The van der Waals surface area contributed by atoms with E-state index in [-0.39, 0.29) is 5.78 Å². The molecule has 0 saturated carbocycles. The number of ketones is 1. The second-order valence-corrected chi connectivity index (χ2v) is 6.73. The lowest BCUT2D eigenvalue weighted by molar-refractivity contribution is 0.0975. The minimum Gasteiger partial charge on any atom is -0.293 e. The number of benzene rings is 1. The lowest BCUT2D eigenvalue weighted by Gasteiger charge is -2.24. The third kappa shape index (κ3) is 2.75. The van der Waals surface area contributed by atoms with Crippen molar-refractivity contribution >= 4 is 28.7 Å². The zero-order chi connectivity index (χ0) is 13.2. The van der Waals surface area contributed by atoms with Crippen molar-refractivity contribution < 1.29 is 4.79 Å². The van der Waals surface area contributed by atoms with Crippen molar-refractivity contribution in [3.8, 4) is 0 Å². The van der Waals surface area contributed by atoms with Gasteiger partial charge in [0, 0.05) is 6.42 Å². The Labute approximate surface area is 122 Å². The smallest absolute Gasteiger partial charge is 0.173 e. The Kier molecular flexibility index (Phi) is 3.72. The van der Waals surface area contributed by atoms with Gasteiger partial charge in [-0.15, -0.1) is 11.3 Å². The monoisotopic (exact) mass is 290 g/mol. The number of carbonyl (C=O) groups is 1. The SMILES string of the molecule is O=C(CC1CCCc2ccccc21)c1ccc(Cl)s1. The second-order valence-electron chi connectivity index (χ2n) is 5.02. The summed E-state index contributed by atoms with van der Waals surface area (Å²) in [5, 5.41) is 0. The standard InChI is InChI=1S/C16H15ClOS/c17-16-9-8-15(19-16)14(18)10-12-6-3-5-11-4-1-2-7-13(11)12/h1-2,4,7-9,12H,3,5-6,10H2. The summed E-state index contributed by atoms with van der Waals surface area (Å²) < 4.78 is 0.687. The molecule has 0 aliphatic heterocycles. The van der Waals surface area contributed by atoms with Gasteiger partial charge in [-0.05, 0) is 48.4 Å². The molecule has 98 valence electrons. The van der Waals surface area contributed by atoms with Crippen LogP contribution in [0.4, 0.5) is 0 Å². The molecule has 1 unspecified atom stereocenters. The van der Waals surface area contributed by atoms with Crippen molar-refractivity contribution in [1.82, 2.24) is 0 Å². The summed E-state index contributed by atoms with van der Waals surface area (Å²) in [6.45, 7) is 0. The number of thiophene rings is 1. The predicted octanol–water partition coefficient (Wildman–Crippen LogP) is 5.09. The van der Waals surface area contributed by atoms with Gasteiger partial charge in [-0.1, -0.05) is 35.9 Å². The van der Waals surface area contributed by atoms with E-state index in [1.807, 2.05) is 6.07 Å². The summed E-state index contributed by atoms with van der Waals surface area (Å²) in [5.74, 6) is 0.594. The molecule has 1 aliphatic carbocycles. The molecule has 19 heavy (non-hydrogen) atoms. The Balaban J connectivity index is 1.79. The minimum absolute atomic E-state index is 0.221. The van der Waals surface area contributed by atoms with Gasteiger partial charge in [-0.3, -0.25) is 4.79 Å². The molecule has 1 atom stereocenters. The highest BCUT2D eigenvalue weighted by atomic mass is 35.5. The Hall–Kier alpha value is -1.12. The minimum atomic E-state index is 0.221. The third-order valence-electron chi connectivity index (χ3n) is 3.77. The Morgan fingerprint density at radius 2 is 2.11 bits per heavy atom. The topological polar surface area (TPSA) is 17.1 Å². The lowest BCUT2D eigenvalue weighted by atomic mass is 9.80. The first-order valence-corrected chi connectivity index (χ1v) is 7.80. The van der Waals surface area contributed by atoms with Gasteiger partial charge < -0.3 is 0 Å². The molecular weight excluding hydrogens is 276 g/mol. The van der Waals surface area contributed by atoms with Crippen molar-refractivity contribution in [2.45, 2.75) is 31.6 Å². The fourth-order valence-corrected chi connectivity index (χ4v) is 3.85. The van der Waals surface area contributed by atoms with E-state index in [0.29, 0.717) is 16.7 Å². The van der Waals surface area contributed by atoms with Crippen LogP contribution in [-0.4, -0.2) is 5.78 Å². The van der Waals surface area contributed by atoms with E-state index < -0.39 is 0 Å². The molecule has 0 radical (unpaired) electrons. The van der Waals surface area contributed by atoms with Gasteiger partial charge in [-0.2, -0.15) is 0 Å². The quantitative estimate of drug-likeness (QED) is 0.719. The van der Waals surface area contributed by atoms with Crippen molar-refractivity contribution in [3.63, 3.8) is 0 Å². The highest BCUT2D eigenvalue weighted by Gasteiger charge is 2.23. The number of carbonyl (C=O) groups excluding carboxylic acids is 1. The van der Waals surface area contributed by atoms with E-state index in [1.54, 1.807) is 6.07 Å². The predicted molar refractivity (Wildman–Crippen MR) is 80.4 cm³/mol. The number of hydrogen-bond donors (Lipinski definition) is 0. The molecule has 0 fully saturated rings. The second kappa shape index (κ2) is 5.48. The highest BCUT2D eigenvalue weighted by Crippen LogP contribution is 2.35. The normalized spacial score (nSPS) is 18.1. The summed E-state index contributed by atoms with van der Waals surface area (Å²) in [6.07, 6.45) is 4.04. The number of Topliss-reactive ketones (excluding diaryl/α,β-unsaturated/α-hetero) is 1. The van der Waals surface area contributed by atoms with Gasteiger partial charge >= 0.3 is 0 Å². The number of hydrogen-bond acceptors (Lipinski definition) is 2. The van der Waals surface area contributed by atoms with Crippen LogP contribution in [0.3, 0.4) is 0 Å². The van der Waals surface area contributed by atoms with Crippen molar-refractivity contribution in [3.05, 3.63) is 56.7 Å². The molecule has 1 heterocycles. The van der Waals surface area contributed by atoms with E-state index in [2.05, 4.69) is 24.3 Å². The Morgan fingerprint density at radius 1 is 1.26 bits per heavy atom. The average Bonchev–Trinajstić information content (AvgIpc) is 2.86. The van der Waals surface area contributed by atoms with Crippen molar-refractivity contribution in [2.24, 2.45) is 0 Å². The molecule has 0 N–H and O–H groups in total. The number of rotatable bonds is 3. The van der Waals surface area contributed by atoms with E-state index in [1.165, 1.54) is 28.9 Å². The fraction of sp³-hybridized carbons (Fsp3) is 0.312. The van der Waals surface area contributed by atoms with Crippen LogP contribution >= 0.6 is 22.9 Å². The zero-order valence-corrected chi connectivity index (χ0v) is 12.1. The van der Waals surface area contributed by atoms with E-state index in [0.717, 1.165) is 17.7 Å². The van der Waals surface area contributed by atoms with Crippen molar-refractivity contribution in [1.29, 1.82) is 0 Å². The summed E-state index contributed by atoms with van der Waals surface area (Å²) in [4.78, 5) is 13.1. The number of fused-ring (bicyclic) bond motifs is 1. The van der Waals surface area contributed by atoms with E-state index >= 15 is 0 Å². The van der Waals surface area contributed by atoms with Crippen LogP contribution in [0.2, 0.25) is 4.34 Å². The van der Waals surface area contributed by atoms with Crippen LogP contribution in [0.1, 0.15) is 46.0 Å². The maximum absolute atomic E-state index is 12.3. The zero-order valence-electron chi connectivity index (χ0n) is 10.6. The van der Waals surface area contributed by atoms with E-state index in [9.17, 15) is 4.79 Å². The Bertz CT molecular complexity index is 602. The van der Waals surface area contributed by atoms with Crippen LogP contribution in [0.15, 0.2) is 36.4 Å². The largest absolute Gasteiger partial charge is 0.293 e. The maximum atomic E-state index is 12.3. The molecule has 3 heteroatoms. The molecular formula is C16H15ClOS. The lowest BCUT2D eigenvalue weighted by Crippen LogP contribution is -2.13. The van der Waals surface area contributed by atoms with Gasteiger partial charge in [0.15, 0.2) is 5.78 Å². The molecule has 0 spiro atoms. The van der Waals surface area contributed by atoms with Crippen LogP contribution in [0.25, 0.3) is 0 Å². The molecule has 2 aromatic rings.